The molecule has 2 heterocycles. The van der Waals surface area contributed by atoms with Gasteiger partial charge in [-0.25, -0.2) is 0 Å². The van der Waals surface area contributed by atoms with Gasteiger partial charge < -0.3 is 0 Å². The van der Waals surface area contributed by atoms with Gasteiger partial charge in [0.25, 0.3) is 11.1 Å². The summed E-state index contributed by atoms with van der Waals surface area (Å²) in [7, 11) is 0. The summed E-state index contributed by atoms with van der Waals surface area (Å²) < 4.78 is 3.84. The first-order chi connectivity index (χ1) is 9.88. The molecule has 0 unspecified atom stereocenters. The van der Waals surface area contributed by atoms with Crippen molar-refractivity contribution < 1.29 is 0 Å². The largest absolute Gasteiger partial charge is 0.287 e. The molecule has 6 nitrogen and oxygen atoms in total. The van der Waals surface area contributed by atoms with Crippen molar-refractivity contribution in [3.05, 3.63) is 44.2 Å². The first-order valence-electron chi connectivity index (χ1n) is 7.44. The number of aromatic amines is 2. The first-order valence-corrected chi connectivity index (χ1v) is 7.44. The highest BCUT2D eigenvalue weighted by molar-refractivity contribution is 5.00. The third-order valence-corrected chi connectivity index (χ3v) is 3.86. The maximum absolute atomic E-state index is 10.9. The van der Waals surface area contributed by atoms with Gasteiger partial charge in [0.05, 0.1) is 6.04 Å². The molecule has 2 aromatic heterocycles. The summed E-state index contributed by atoms with van der Waals surface area (Å²) in [6.45, 7) is 7.94. The molecule has 2 aromatic rings. The molecular weight excluding hydrogens is 268 g/mol. The third kappa shape index (κ3) is 3.56. The van der Waals surface area contributed by atoms with Crippen LogP contribution in [0.2, 0.25) is 0 Å². The molecule has 1 fully saturated rings. The fourth-order valence-corrected chi connectivity index (χ4v) is 2.56. The number of hydrogen-bond donors (Lipinski definition) is 2. The van der Waals surface area contributed by atoms with Crippen LogP contribution in [0, 0.1) is 13.8 Å². The van der Waals surface area contributed by atoms with Crippen molar-refractivity contribution in [2.45, 2.75) is 59.0 Å². The van der Waals surface area contributed by atoms with Gasteiger partial charge in [0, 0.05) is 29.6 Å². The van der Waals surface area contributed by atoms with Crippen LogP contribution < -0.4 is 11.1 Å². The molecule has 0 radical (unpaired) electrons. The summed E-state index contributed by atoms with van der Waals surface area (Å²) in [5.41, 5.74) is 2.04. The average Bonchev–Trinajstić information content (AvgIpc) is 2.81. The van der Waals surface area contributed by atoms with Crippen molar-refractivity contribution in [1.82, 2.24) is 19.6 Å². The minimum atomic E-state index is -0.0220. The lowest BCUT2D eigenvalue weighted by Gasteiger charge is -2.27. The van der Waals surface area contributed by atoms with Crippen molar-refractivity contribution in [2.24, 2.45) is 0 Å². The van der Waals surface area contributed by atoms with Crippen LogP contribution in [0.1, 0.15) is 56.6 Å². The smallest absolute Gasteiger partial charge is 0.264 e. The zero-order chi connectivity index (χ0) is 15.6. The number of aryl methyl sites for hydroxylation is 2. The summed E-state index contributed by atoms with van der Waals surface area (Å²) in [4.78, 5) is 21.6. The van der Waals surface area contributed by atoms with E-state index in [0.717, 1.165) is 11.4 Å². The molecular formula is C15H24N4O2. The Morgan fingerprint density at radius 1 is 1.05 bits per heavy atom. The van der Waals surface area contributed by atoms with E-state index in [2.05, 4.69) is 10.2 Å². The van der Waals surface area contributed by atoms with E-state index >= 15 is 0 Å². The predicted molar refractivity (Wildman–Crippen MR) is 82.9 cm³/mol. The highest BCUT2D eigenvalue weighted by atomic mass is 16.1. The van der Waals surface area contributed by atoms with Crippen LogP contribution in [0.3, 0.4) is 0 Å². The second-order valence-corrected chi connectivity index (χ2v) is 5.94. The fraction of sp³-hybridized carbons (Fsp3) is 0.600. The van der Waals surface area contributed by atoms with Crippen molar-refractivity contribution in [3.63, 3.8) is 0 Å². The molecule has 0 bridgehead atoms. The molecule has 1 saturated carbocycles. The predicted octanol–water partition coefficient (Wildman–Crippen LogP) is 2.28. The number of nitrogens with zero attached hydrogens (tertiary/aromatic N) is 2. The molecule has 1 aliphatic carbocycles. The van der Waals surface area contributed by atoms with Gasteiger partial charge in [-0.2, -0.15) is 0 Å². The molecule has 3 rings (SSSR count). The second kappa shape index (κ2) is 6.20. The van der Waals surface area contributed by atoms with E-state index in [1.54, 1.807) is 12.1 Å². The van der Waals surface area contributed by atoms with E-state index in [4.69, 9.17) is 0 Å². The Hall–Kier alpha value is -1.98. The Kier molecular flexibility index (Phi) is 4.55. The number of nitrogens with one attached hydrogen (secondary N) is 2. The van der Waals surface area contributed by atoms with Gasteiger partial charge in [-0.1, -0.05) is 0 Å². The van der Waals surface area contributed by atoms with Gasteiger partial charge in [-0.05, 0) is 47.0 Å². The summed E-state index contributed by atoms with van der Waals surface area (Å²) in [5, 5.41) is 5.51. The number of aromatic nitrogens is 4. The lowest BCUT2D eigenvalue weighted by atomic mass is 9.93. The molecule has 0 aliphatic heterocycles. The first kappa shape index (κ1) is 15.4. The molecule has 116 valence electrons. The van der Waals surface area contributed by atoms with Crippen molar-refractivity contribution in [3.8, 4) is 0 Å². The summed E-state index contributed by atoms with van der Waals surface area (Å²) in [5.74, 6) is 0. The van der Waals surface area contributed by atoms with Gasteiger partial charge in [0.1, 0.15) is 0 Å². The monoisotopic (exact) mass is 292 g/mol. The van der Waals surface area contributed by atoms with Gasteiger partial charge in [0.2, 0.25) is 0 Å². The van der Waals surface area contributed by atoms with E-state index in [1.807, 2.05) is 37.1 Å². The maximum atomic E-state index is 10.9. The van der Waals surface area contributed by atoms with E-state index < -0.39 is 0 Å². The summed E-state index contributed by atoms with van der Waals surface area (Å²) in [6, 6.07) is 4.15. The molecule has 0 saturated heterocycles. The molecule has 0 atom stereocenters. The van der Waals surface area contributed by atoms with Crippen LogP contribution in [0.25, 0.3) is 0 Å². The SMILES string of the molecule is Cc1cc(=O)[nH]n1C(C)C.Cc1cc(=O)[nH]n1C1CCC1. The van der Waals surface area contributed by atoms with Crippen molar-refractivity contribution in [1.29, 1.82) is 0 Å². The Morgan fingerprint density at radius 3 is 1.90 bits per heavy atom. The van der Waals surface area contributed by atoms with Crippen LogP contribution in [0.15, 0.2) is 21.7 Å². The average molecular weight is 292 g/mol. The van der Waals surface area contributed by atoms with Crippen LogP contribution >= 0.6 is 0 Å². The summed E-state index contributed by atoms with van der Waals surface area (Å²) >= 11 is 0. The van der Waals surface area contributed by atoms with Gasteiger partial charge in [-0.3, -0.25) is 29.2 Å². The molecule has 6 heteroatoms. The number of rotatable bonds is 2. The van der Waals surface area contributed by atoms with Crippen molar-refractivity contribution in [2.75, 3.05) is 0 Å². The minimum absolute atomic E-state index is 0.0220. The molecule has 2 N–H and O–H groups in total. The normalized spacial score (nSPS) is 14.7. The molecule has 1 aliphatic rings. The highest BCUT2D eigenvalue weighted by Gasteiger charge is 2.20. The molecule has 21 heavy (non-hydrogen) atoms. The fourth-order valence-electron chi connectivity index (χ4n) is 2.56. The van der Waals surface area contributed by atoms with E-state index in [1.165, 1.54) is 19.3 Å². The number of hydrogen-bond acceptors (Lipinski definition) is 2. The van der Waals surface area contributed by atoms with Crippen LogP contribution in [-0.2, 0) is 0 Å². The minimum Gasteiger partial charge on any atom is -0.287 e. The highest BCUT2D eigenvalue weighted by Crippen LogP contribution is 2.30. The van der Waals surface area contributed by atoms with Gasteiger partial charge in [0.15, 0.2) is 0 Å². The maximum Gasteiger partial charge on any atom is 0.264 e. The molecule has 0 spiro atoms. The number of H-pyrrole nitrogens is 2. The van der Waals surface area contributed by atoms with Crippen LogP contribution in [0.5, 0.6) is 0 Å². The lowest BCUT2D eigenvalue weighted by Crippen LogP contribution is -2.20. The van der Waals surface area contributed by atoms with E-state index in [-0.39, 0.29) is 11.1 Å². The topological polar surface area (TPSA) is 75.6 Å². The van der Waals surface area contributed by atoms with Gasteiger partial charge in [-0.15, -0.1) is 0 Å². The lowest BCUT2D eigenvalue weighted by molar-refractivity contribution is 0.284. The summed E-state index contributed by atoms with van der Waals surface area (Å²) in [6.07, 6.45) is 3.72. The third-order valence-electron chi connectivity index (χ3n) is 3.86. The Labute approximate surface area is 123 Å². The Balaban J connectivity index is 0.000000155. The van der Waals surface area contributed by atoms with Gasteiger partial charge >= 0.3 is 0 Å². The van der Waals surface area contributed by atoms with E-state index in [0.29, 0.717) is 12.1 Å². The van der Waals surface area contributed by atoms with Crippen LogP contribution in [-0.4, -0.2) is 19.6 Å². The van der Waals surface area contributed by atoms with E-state index in [9.17, 15) is 9.59 Å². The Morgan fingerprint density at radius 2 is 1.62 bits per heavy atom. The quantitative estimate of drug-likeness (QED) is 0.891. The molecule has 0 aromatic carbocycles. The Bertz CT molecular complexity index is 698. The second-order valence-electron chi connectivity index (χ2n) is 5.94. The zero-order valence-electron chi connectivity index (χ0n) is 13.1. The van der Waals surface area contributed by atoms with Crippen molar-refractivity contribution >= 4 is 0 Å². The molecule has 0 amide bonds. The standard InChI is InChI=1S/C8H12N2O.C7H12N2O/c1-6-5-8(11)9-10(6)7-3-2-4-7;1-5(2)9-6(3)4-7(10)8-9/h5,7H,2-4H2,1H3,(H,9,11);4-5H,1-3H3,(H,8,10). The van der Waals surface area contributed by atoms with Crippen LogP contribution in [0.4, 0.5) is 0 Å². The zero-order valence-corrected chi connectivity index (χ0v) is 13.1.